The number of hydrogen-bond acceptors (Lipinski definition) is 4. The van der Waals surface area contributed by atoms with Crippen LogP contribution in [0, 0.1) is 5.82 Å². The van der Waals surface area contributed by atoms with Crippen molar-refractivity contribution in [3.63, 3.8) is 0 Å². The molecule has 1 heterocycles. The maximum absolute atomic E-state index is 13.3. The molecule has 6 nitrogen and oxygen atoms in total. The Morgan fingerprint density at radius 2 is 1.85 bits per heavy atom. The van der Waals surface area contributed by atoms with Crippen molar-refractivity contribution in [2.75, 3.05) is 6.61 Å². The van der Waals surface area contributed by atoms with Crippen molar-refractivity contribution in [1.82, 2.24) is 15.1 Å². The second-order valence-corrected chi connectivity index (χ2v) is 7.90. The van der Waals surface area contributed by atoms with E-state index in [0.717, 1.165) is 28.6 Å². The Bertz CT molecular complexity index is 1240. The Hall–Kier alpha value is -3.71. The highest BCUT2D eigenvalue weighted by Gasteiger charge is 2.23. The number of carbonyl (C=O) groups excluding carboxylic acids is 1. The number of hydrogen-bond donors (Lipinski definition) is 2. The molecule has 0 saturated carbocycles. The summed E-state index contributed by atoms with van der Waals surface area (Å²) in [5, 5.41) is 17.2. The van der Waals surface area contributed by atoms with Gasteiger partial charge in [-0.2, -0.15) is 5.10 Å². The number of aliphatic hydroxyl groups is 1. The van der Waals surface area contributed by atoms with Crippen LogP contribution in [0.15, 0.2) is 72.9 Å². The van der Waals surface area contributed by atoms with Gasteiger partial charge in [-0.05, 0) is 66.9 Å². The molecule has 0 aliphatic carbocycles. The summed E-state index contributed by atoms with van der Waals surface area (Å²) in [4.78, 5) is 11.8. The smallest absolute Gasteiger partial charge is 0.246 e. The average molecular weight is 448 g/mol. The zero-order valence-corrected chi connectivity index (χ0v) is 18.5. The molecule has 0 aliphatic rings. The molecule has 2 N–H and O–H groups in total. The van der Waals surface area contributed by atoms with E-state index >= 15 is 0 Å². The van der Waals surface area contributed by atoms with Crippen LogP contribution in [0.1, 0.15) is 31.1 Å². The summed E-state index contributed by atoms with van der Waals surface area (Å²) in [6, 6.07) is 19.5. The Morgan fingerprint density at radius 1 is 1.12 bits per heavy atom. The van der Waals surface area contributed by atoms with E-state index in [4.69, 9.17) is 9.84 Å². The molecule has 0 radical (unpaired) electrons. The highest BCUT2D eigenvalue weighted by molar-refractivity contribution is 5.81. The van der Waals surface area contributed by atoms with Gasteiger partial charge >= 0.3 is 0 Å². The number of nitrogens with zero attached hydrogens (tertiary/aromatic N) is 2. The van der Waals surface area contributed by atoms with Crippen molar-refractivity contribution in [1.29, 1.82) is 0 Å². The van der Waals surface area contributed by atoms with E-state index in [1.165, 1.54) is 17.7 Å². The van der Waals surface area contributed by atoms with Crippen LogP contribution >= 0.6 is 0 Å². The van der Waals surface area contributed by atoms with Crippen LogP contribution in [0.5, 0.6) is 5.75 Å². The minimum atomic E-state index is -0.583. The molecule has 0 fully saturated rings. The summed E-state index contributed by atoms with van der Waals surface area (Å²) in [5.74, 6) is -0.139. The van der Waals surface area contributed by atoms with E-state index in [2.05, 4.69) is 17.3 Å². The van der Waals surface area contributed by atoms with Gasteiger partial charge in [-0.1, -0.05) is 31.2 Å². The highest BCUT2D eigenvalue weighted by Crippen LogP contribution is 2.29. The first-order chi connectivity index (χ1) is 16.0. The van der Waals surface area contributed by atoms with Gasteiger partial charge in [0.2, 0.25) is 5.91 Å². The van der Waals surface area contributed by atoms with Crippen molar-refractivity contribution in [3.05, 3.63) is 89.9 Å². The second-order valence-electron chi connectivity index (χ2n) is 7.90. The van der Waals surface area contributed by atoms with Crippen LogP contribution < -0.4 is 10.1 Å². The molecule has 3 aromatic carbocycles. The normalized spacial score (nSPS) is 13.0. The van der Waals surface area contributed by atoms with Gasteiger partial charge in [-0.25, -0.2) is 9.07 Å². The zero-order chi connectivity index (χ0) is 23.4. The molecule has 1 amide bonds. The number of fused-ring (bicyclic) bond motifs is 1. The summed E-state index contributed by atoms with van der Waals surface area (Å²) in [7, 11) is 0. The van der Waals surface area contributed by atoms with Crippen molar-refractivity contribution in [3.8, 4) is 11.4 Å². The topological polar surface area (TPSA) is 76.4 Å². The van der Waals surface area contributed by atoms with Gasteiger partial charge in [0.1, 0.15) is 24.3 Å². The summed E-state index contributed by atoms with van der Waals surface area (Å²) < 4.78 is 21.4. The Labute approximate surface area is 191 Å². The van der Waals surface area contributed by atoms with Gasteiger partial charge in [0, 0.05) is 5.39 Å². The lowest BCUT2D eigenvalue weighted by Gasteiger charge is -2.26. The minimum Gasteiger partial charge on any atom is -0.484 e. The van der Waals surface area contributed by atoms with Gasteiger partial charge in [0.05, 0.1) is 23.4 Å². The van der Waals surface area contributed by atoms with E-state index in [1.54, 1.807) is 23.0 Å². The predicted molar refractivity (Wildman–Crippen MR) is 125 cm³/mol. The Kier molecular flexibility index (Phi) is 6.70. The predicted octanol–water partition coefficient (Wildman–Crippen LogP) is 4.34. The lowest BCUT2D eigenvalue weighted by molar-refractivity contribution is -0.125. The lowest BCUT2D eigenvalue weighted by atomic mass is 10.0. The molecule has 0 spiro atoms. The number of carbonyl (C=O) groups is 1. The molecule has 1 aromatic heterocycles. The number of amides is 1. The number of aliphatic hydroxyl groups excluding tert-OH is 1. The molecule has 0 aliphatic heterocycles. The zero-order valence-electron chi connectivity index (χ0n) is 18.5. The number of halogens is 1. The number of rotatable bonds is 8. The minimum absolute atomic E-state index is 0.300. The van der Waals surface area contributed by atoms with E-state index in [0.29, 0.717) is 5.75 Å². The van der Waals surface area contributed by atoms with Crippen LogP contribution in [-0.4, -0.2) is 33.4 Å². The van der Waals surface area contributed by atoms with Crippen LogP contribution in [0.4, 0.5) is 4.39 Å². The molecule has 170 valence electrons. The molecule has 0 saturated heterocycles. The second kappa shape index (κ2) is 9.83. The van der Waals surface area contributed by atoms with Crippen molar-refractivity contribution >= 4 is 16.8 Å². The van der Waals surface area contributed by atoms with Crippen molar-refractivity contribution < 1.29 is 19.0 Å². The van der Waals surface area contributed by atoms with Crippen LogP contribution in [0.3, 0.4) is 0 Å². The van der Waals surface area contributed by atoms with Crippen LogP contribution in [-0.2, 0) is 11.2 Å². The first-order valence-corrected chi connectivity index (χ1v) is 10.9. The van der Waals surface area contributed by atoms with Crippen molar-refractivity contribution in [2.24, 2.45) is 0 Å². The summed E-state index contributed by atoms with van der Waals surface area (Å²) in [6.07, 6.45) is 2.20. The van der Waals surface area contributed by atoms with Crippen LogP contribution in [0.2, 0.25) is 0 Å². The van der Waals surface area contributed by atoms with Gasteiger partial charge in [-0.3, -0.25) is 4.79 Å². The monoisotopic (exact) mass is 447 g/mol. The lowest BCUT2D eigenvalue weighted by Crippen LogP contribution is -2.40. The largest absolute Gasteiger partial charge is 0.484 e. The molecule has 4 rings (SSSR count). The summed E-state index contributed by atoms with van der Waals surface area (Å²) in [6.45, 7) is 3.35. The number of aryl methyl sites for hydroxylation is 1. The van der Waals surface area contributed by atoms with Gasteiger partial charge in [0.25, 0.3) is 0 Å². The SMILES string of the molecule is CCc1ccc(C(Oc2ccc3c(cnn3-c3ccc(F)cc3)c2)C(C)NC(=O)CO)cc1. The molecule has 2 atom stereocenters. The highest BCUT2D eigenvalue weighted by atomic mass is 19.1. The summed E-state index contributed by atoms with van der Waals surface area (Å²) >= 11 is 0. The third-order valence-corrected chi connectivity index (χ3v) is 5.58. The quantitative estimate of drug-likeness (QED) is 0.421. The molecular formula is C26H26FN3O3. The average Bonchev–Trinajstić information content (AvgIpc) is 3.26. The van der Waals surface area contributed by atoms with E-state index in [1.807, 2.05) is 49.4 Å². The first kappa shape index (κ1) is 22.5. The van der Waals surface area contributed by atoms with Crippen molar-refractivity contribution in [2.45, 2.75) is 32.4 Å². The number of nitrogens with one attached hydrogen (secondary N) is 1. The third-order valence-electron chi connectivity index (χ3n) is 5.58. The fourth-order valence-corrected chi connectivity index (χ4v) is 3.80. The van der Waals surface area contributed by atoms with Crippen LogP contribution in [0.25, 0.3) is 16.6 Å². The molecule has 0 bridgehead atoms. The van der Waals surface area contributed by atoms with E-state index in [9.17, 15) is 9.18 Å². The molecular weight excluding hydrogens is 421 g/mol. The van der Waals surface area contributed by atoms with Gasteiger partial charge in [-0.15, -0.1) is 0 Å². The Balaban J connectivity index is 1.63. The third kappa shape index (κ3) is 5.04. The fourth-order valence-electron chi connectivity index (χ4n) is 3.80. The number of benzene rings is 3. The van der Waals surface area contributed by atoms with Gasteiger partial charge < -0.3 is 15.2 Å². The maximum atomic E-state index is 13.3. The van der Waals surface area contributed by atoms with Gasteiger partial charge in [0.15, 0.2) is 0 Å². The standard InChI is InChI=1S/C26H26FN3O3/c1-3-18-4-6-19(7-5-18)26(17(2)29-25(32)16-31)33-23-12-13-24-20(14-23)15-28-30(24)22-10-8-21(27)9-11-22/h4-15,17,26,31H,3,16H2,1-2H3,(H,29,32). The van der Waals surface area contributed by atoms with E-state index in [-0.39, 0.29) is 11.9 Å². The first-order valence-electron chi connectivity index (χ1n) is 10.9. The number of aromatic nitrogens is 2. The molecule has 2 unspecified atom stereocenters. The fraction of sp³-hybridized carbons (Fsp3) is 0.231. The Morgan fingerprint density at radius 3 is 2.52 bits per heavy atom. The molecule has 4 aromatic rings. The molecule has 33 heavy (non-hydrogen) atoms. The maximum Gasteiger partial charge on any atom is 0.246 e. The van der Waals surface area contributed by atoms with E-state index < -0.39 is 18.6 Å². The molecule has 7 heteroatoms. The number of ether oxygens (including phenoxy) is 1. The summed E-state index contributed by atoms with van der Waals surface area (Å²) in [5.41, 5.74) is 3.74.